The van der Waals surface area contributed by atoms with Gasteiger partial charge in [-0.1, -0.05) is 0 Å². The number of hydrogen-bond acceptors (Lipinski definition) is 4. The molecule has 0 atom stereocenters. The van der Waals surface area contributed by atoms with Crippen LogP contribution >= 0.6 is 0 Å². The fourth-order valence-electron chi connectivity index (χ4n) is 1.91. The van der Waals surface area contributed by atoms with Gasteiger partial charge in [0.1, 0.15) is 17.3 Å². The van der Waals surface area contributed by atoms with Crippen LogP contribution < -0.4 is 5.73 Å². The number of sulfone groups is 1. The first-order valence-electron chi connectivity index (χ1n) is 4.54. The lowest BCUT2D eigenvalue weighted by Crippen LogP contribution is -2.05. The molecule has 0 aliphatic carbocycles. The monoisotopic (exact) mass is 215 g/mol. The summed E-state index contributed by atoms with van der Waals surface area (Å²) in [5.74, 6) is 1.60. The van der Waals surface area contributed by atoms with Crippen molar-refractivity contribution < 1.29 is 12.8 Å². The molecule has 78 valence electrons. The predicted octanol–water partition coefficient (Wildman–Crippen LogP) is 0.518. The number of fused-ring (bicyclic) bond motifs is 1. The zero-order valence-corrected chi connectivity index (χ0v) is 8.86. The van der Waals surface area contributed by atoms with Gasteiger partial charge < -0.3 is 10.2 Å². The number of hydrogen-bond donors (Lipinski definition) is 1. The Hall–Kier alpha value is -0.810. The molecule has 1 aromatic rings. The molecule has 1 aromatic heterocycles. The quantitative estimate of drug-likeness (QED) is 0.780. The number of rotatable bonds is 2. The molecule has 4 nitrogen and oxygen atoms in total. The van der Waals surface area contributed by atoms with Crippen LogP contribution in [0.15, 0.2) is 4.42 Å². The van der Waals surface area contributed by atoms with Gasteiger partial charge in [0.15, 0.2) is 9.84 Å². The van der Waals surface area contributed by atoms with Crippen molar-refractivity contribution in [2.45, 2.75) is 24.9 Å². The molecule has 5 heteroatoms. The van der Waals surface area contributed by atoms with Gasteiger partial charge >= 0.3 is 0 Å². The Bertz CT molecular complexity index is 459. The van der Waals surface area contributed by atoms with Crippen LogP contribution in [0.1, 0.15) is 22.6 Å². The van der Waals surface area contributed by atoms with E-state index in [1.165, 1.54) is 0 Å². The van der Waals surface area contributed by atoms with Gasteiger partial charge in [-0.15, -0.1) is 0 Å². The lowest BCUT2D eigenvalue weighted by molar-refractivity contribution is 0.494. The highest BCUT2D eigenvalue weighted by Gasteiger charge is 2.31. The zero-order valence-electron chi connectivity index (χ0n) is 8.04. The molecule has 0 saturated carbocycles. The van der Waals surface area contributed by atoms with E-state index in [0.29, 0.717) is 18.7 Å². The summed E-state index contributed by atoms with van der Waals surface area (Å²) in [6, 6.07) is 0. The van der Waals surface area contributed by atoms with Crippen molar-refractivity contribution in [1.29, 1.82) is 0 Å². The van der Waals surface area contributed by atoms with E-state index < -0.39 is 9.84 Å². The molecule has 0 radical (unpaired) electrons. The fourth-order valence-corrected chi connectivity index (χ4v) is 3.42. The number of nitrogens with two attached hydrogens (primary N) is 1. The van der Waals surface area contributed by atoms with E-state index in [0.717, 1.165) is 16.9 Å². The summed E-state index contributed by atoms with van der Waals surface area (Å²) >= 11 is 0. The molecular formula is C9H13NO3S. The normalized spacial score (nSPS) is 18.4. The standard InChI is InChI=1S/C9H13NO3S/c1-6-7(2-3-10)8-4-14(11,12)5-9(8)13-6/h2-5,10H2,1H3. The van der Waals surface area contributed by atoms with E-state index in [2.05, 4.69) is 0 Å². The first-order chi connectivity index (χ1) is 6.53. The van der Waals surface area contributed by atoms with Crippen LogP contribution in [0.4, 0.5) is 0 Å². The van der Waals surface area contributed by atoms with Gasteiger partial charge in [-0.3, -0.25) is 0 Å². The highest BCUT2D eigenvalue weighted by Crippen LogP contribution is 2.32. The van der Waals surface area contributed by atoms with Crippen LogP contribution in [-0.4, -0.2) is 15.0 Å². The van der Waals surface area contributed by atoms with Gasteiger partial charge in [0, 0.05) is 5.56 Å². The molecular weight excluding hydrogens is 202 g/mol. The lowest BCUT2D eigenvalue weighted by Gasteiger charge is -1.98. The maximum Gasteiger partial charge on any atom is 0.161 e. The molecule has 14 heavy (non-hydrogen) atoms. The van der Waals surface area contributed by atoms with E-state index in [4.69, 9.17) is 10.2 Å². The van der Waals surface area contributed by atoms with Crippen molar-refractivity contribution in [2.75, 3.05) is 6.54 Å². The van der Waals surface area contributed by atoms with Crippen molar-refractivity contribution in [3.8, 4) is 0 Å². The molecule has 2 heterocycles. The minimum absolute atomic E-state index is 0.0493. The third kappa shape index (κ3) is 1.46. The van der Waals surface area contributed by atoms with Gasteiger partial charge in [0.2, 0.25) is 0 Å². The van der Waals surface area contributed by atoms with Crippen LogP contribution in [-0.2, 0) is 27.8 Å². The van der Waals surface area contributed by atoms with E-state index >= 15 is 0 Å². The predicted molar refractivity (Wildman–Crippen MR) is 52.5 cm³/mol. The smallest absolute Gasteiger partial charge is 0.161 e. The molecule has 2 rings (SSSR count). The molecule has 1 aliphatic heterocycles. The summed E-state index contributed by atoms with van der Waals surface area (Å²) in [5, 5.41) is 0. The fraction of sp³-hybridized carbons (Fsp3) is 0.556. The second kappa shape index (κ2) is 3.10. The average Bonchev–Trinajstić information content (AvgIpc) is 2.47. The van der Waals surface area contributed by atoms with E-state index in [1.807, 2.05) is 6.92 Å². The number of furan rings is 1. The summed E-state index contributed by atoms with van der Waals surface area (Å²) in [7, 11) is -2.95. The Labute approximate surface area is 83.0 Å². The van der Waals surface area contributed by atoms with Crippen molar-refractivity contribution in [1.82, 2.24) is 0 Å². The summed E-state index contributed by atoms with van der Waals surface area (Å²) in [6.07, 6.45) is 0.695. The minimum atomic E-state index is -2.95. The molecule has 0 aromatic carbocycles. The molecule has 0 bridgehead atoms. The Balaban J connectivity index is 2.46. The lowest BCUT2D eigenvalue weighted by atomic mass is 10.1. The molecule has 0 spiro atoms. The summed E-state index contributed by atoms with van der Waals surface area (Å²) in [4.78, 5) is 0. The molecule has 2 N–H and O–H groups in total. The largest absolute Gasteiger partial charge is 0.465 e. The van der Waals surface area contributed by atoms with Gasteiger partial charge in [-0.25, -0.2) is 8.42 Å². The third-order valence-corrected chi connectivity index (χ3v) is 3.94. The molecule has 0 saturated heterocycles. The molecule has 0 fully saturated rings. The first-order valence-corrected chi connectivity index (χ1v) is 6.36. The topological polar surface area (TPSA) is 73.3 Å². The third-order valence-electron chi connectivity index (χ3n) is 2.51. The summed E-state index contributed by atoms with van der Waals surface area (Å²) in [6.45, 7) is 2.38. The van der Waals surface area contributed by atoms with Crippen LogP contribution in [0.3, 0.4) is 0 Å². The van der Waals surface area contributed by atoms with Crippen LogP contribution in [0.5, 0.6) is 0 Å². The van der Waals surface area contributed by atoms with E-state index in [1.54, 1.807) is 0 Å². The van der Waals surface area contributed by atoms with E-state index in [9.17, 15) is 8.42 Å². The van der Waals surface area contributed by atoms with Crippen LogP contribution in [0.2, 0.25) is 0 Å². The highest BCUT2D eigenvalue weighted by molar-refractivity contribution is 7.90. The van der Waals surface area contributed by atoms with Crippen LogP contribution in [0.25, 0.3) is 0 Å². The molecule has 0 unspecified atom stereocenters. The van der Waals surface area contributed by atoms with Gasteiger partial charge in [0.25, 0.3) is 0 Å². The Morgan fingerprint density at radius 2 is 2.14 bits per heavy atom. The van der Waals surface area contributed by atoms with Crippen molar-refractivity contribution in [2.24, 2.45) is 5.73 Å². The van der Waals surface area contributed by atoms with Crippen molar-refractivity contribution in [3.05, 3.63) is 22.6 Å². The molecule has 0 amide bonds. The number of aryl methyl sites for hydroxylation is 1. The Morgan fingerprint density at radius 3 is 2.79 bits per heavy atom. The maximum atomic E-state index is 11.3. The maximum absolute atomic E-state index is 11.3. The SMILES string of the molecule is Cc1oc2c(c1CCN)CS(=O)(=O)C2. The van der Waals surface area contributed by atoms with E-state index in [-0.39, 0.29) is 11.5 Å². The van der Waals surface area contributed by atoms with Gasteiger partial charge in [0.05, 0.1) is 5.75 Å². The second-order valence-corrected chi connectivity index (χ2v) is 5.67. The highest BCUT2D eigenvalue weighted by atomic mass is 32.2. The summed E-state index contributed by atoms with van der Waals surface area (Å²) < 4.78 is 28.1. The van der Waals surface area contributed by atoms with Crippen molar-refractivity contribution >= 4 is 9.84 Å². The zero-order chi connectivity index (χ0) is 10.3. The van der Waals surface area contributed by atoms with Crippen molar-refractivity contribution in [3.63, 3.8) is 0 Å². The van der Waals surface area contributed by atoms with Crippen LogP contribution in [0, 0.1) is 6.92 Å². The Morgan fingerprint density at radius 1 is 1.43 bits per heavy atom. The van der Waals surface area contributed by atoms with Gasteiger partial charge in [-0.05, 0) is 25.5 Å². The minimum Gasteiger partial charge on any atom is -0.465 e. The second-order valence-electron chi connectivity index (χ2n) is 3.61. The Kier molecular flexibility index (Phi) is 2.16. The summed E-state index contributed by atoms with van der Waals surface area (Å²) in [5.41, 5.74) is 7.30. The average molecular weight is 215 g/mol. The first kappa shape index (κ1) is 9.73. The van der Waals surface area contributed by atoms with Gasteiger partial charge in [-0.2, -0.15) is 0 Å². The molecule has 1 aliphatic rings.